The summed E-state index contributed by atoms with van der Waals surface area (Å²) in [5.41, 5.74) is 0. The van der Waals surface area contributed by atoms with Crippen LogP contribution in [0.2, 0.25) is 0 Å². The van der Waals surface area contributed by atoms with Gasteiger partial charge < -0.3 is 4.90 Å². The van der Waals surface area contributed by atoms with Gasteiger partial charge in [-0.1, -0.05) is 6.92 Å². The number of nitrogens with zero attached hydrogens (tertiary/aromatic N) is 2. The van der Waals surface area contributed by atoms with Gasteiger partial charge >= 0.3 is 0 Å². The molecule has 1 aliphatic heterocycles. The number of likely N-dealkylation sites (N-methyl/N-ethyl adjacent to an activating group) is 1. The van der Waals surface area contributed by atoms with Gasteiger partial charge in [0.2, 0.25) is 0 Å². The van der Waals surface area contributed by atoms with E-state index >= 15 is 0 Å². The fraction of sp³-hybridized carbons (Fsp3) is 1.00. The molecule has 76 valence electrons. The summed E-state index contributed by atoms with van der Waals surface area (Å²) in [7, 11) is 2.24. The van der Waals surface area contributed by atoms with Gasteiger partial charge in [0.15, 0.2) is 0 Å². The lowest BCUT2D eigenvalue weighted by molar-refractivity contribution is 0.0902. The van der Waals surface area contributed by atoms with Crippen LogP contribution in [0.1, 0.15) is 26.2 Å². The summed E-state index contributed by atoms with van der Waals surface area (Å²) >= 11 is 0. The van der Waals surface area contributed by atoms with Crippen LogP contribution in [0.3, 0.4) is 0 Å². The van der Waals surface area contributed by atoms with Gasteiger partial charge in [-0.15, -0.1) is 0 Å². The summed E-state index contributed by atoms with van der Waals surface area (Å²) in [5.74, 6) is 0.992. The van der Waals surface area contributed by atoms with Crippen molar-refractivity contribution < 1.29 is 0 Å². The summed E-state index contributed by atoms with van der Waals surface area (Å²) in [6, 6.07) is 0.932. The number of rotatable bonds is 1. The van der Waals surface area contributed by atoms with Crippen molar-refractivity contribution in [2.45, 2.75) is 32.2 Å². The fourth-order valence-electron chi connectivity index (χ4n) is 2.59. The minimum atomic E-state index is 0.932. The Labute approximate surface area is 81.9 Å². The van der Waals surface area contributed by atoms with Crippen LogP contribution in [0.5, 0.6) is 0 Å². The maximum atomic E-state index is 2.71. The van der Waals surface area contributed by atoms with Crippen molar-refractivity contribution in [2.24, 2.45) is 5.92 Å². The molecule has 0 unspecified atom stereocenters. The minimum Gasteiger partial charge on any atom is -0.305 e. The van der Waals surface area contributed by atoms with Crippen molar-refractivity contribution >= 4 is 0 Å². The zero-order chi connectivity index (χ0) is 9.26. The van der Waals surface area contributed by atoms with Crippen molar-refractivity contribution in [3.8, 4) is 0 Å². The normalized spacial score (nSPS) is 38.3. The Morgan fingerprint density at radius 1 is 1.00 bits per heavy atom. The Morgan fingerprint density at radius 3 is 2.46 bits per heavy atom. The van der Waals surface area contributed by atoms with Crippen LogP contribution in [0.15, 0.2) is 0 Å². The highest BCUT2D eigenvalue weighted by Gasteiger charge is 2.30. The molecule has 0 radical (unpaired) electrons. The van der Waals surface area contributed by atoms with E-state index in [0.29, 0.717) is 0 Å². The SMILES string of the molecule is CN1CCCN([C@H]2C[C@H](C)C2)CC1. The summed E-state index contributed by atoms with van der Waals surface area (Å²) in [6.07, 6.45) is 4.26. The Bertz CT molecular complexity index is 163. The monoisotopic (exact) mass is 182 g/mol. The van der Waals surface area contributed by atoms with Gasteiger partial charge in [0.1, 0.15) is 0 Å². The van der Waals surface area contributed by atoms with E-state index in [-0.39, 0.29) is 0 Å². The maximum Gasteiger partial charge on any atom is 0.0112 e. The molecule has 0 aromatic carbocycles. The molecule has 0 aromatic heterocycles. The highest BCUT2D eigenvalue weighted by atomic mass is 15.2. The summed E-state index contributed by atoms with van der Waals surface area (Å²) in [6.45, 7) is 7.57. The smallest absolute Gasteiger partial charge is 0.0112 e. The molecule has 0 bridgehead atoms. The first kappa shape index (κ1) is 9.47. The molecule has 2 aliphatic rings. The summed E-state index contributed by atoms with van der Waals surface area (Å²) in [5, 5.41) is 0. The predicted octanol–water partition coefficient (Wildman–Crippen LogP) is 1.42. The second-order valence-corrected chi connectivity index (χ2v) is 4.92. The summed E-state index contributed by atoms with van der Waals surface area (Å²) in [4.78, 5) is 5.17. The molecule has 1 saturated heterocycles. The van der Waals surface area contributed by atoms with Crippen LogP contribution in [0.25, 0.3) is 0 Å². The third-order valence-electron chi connectivity index (χ3n) is 3.62. The first-order chi connectivity index (χ1) is 6.25. The van der Waals surface area contributed by atoms with E-state index in [1.165, 1.54) is 45.4 Å². The van der Waals surface area contributed by atoms with Crippen LogP contribution in [-0.2, 0) is 0 Å². The number of hydrogen-bond acceptors (Lipinski definition) is 2. The second-order valence-electron chi connectivity index (χ2n) is 4.92. The first-order valence-corrected chi connectivity index (χ1v) is 5.68. The molecule has 1 heterocycles. The Morgan fingerprint density at radius 2 is 1.77 bits per heavy atom. The first-order valence-electron chi connectivity index (χ1n) is 5.68. The van der Waals surface area contributed by atoms with E-state index in [0.717, 1.165) is 12.0 Å². The molecule has 2 fully saturated rings. The molecule has 0 N–H and O–H groups in total. The van der Waals surface area contributed by atoms with Crippen molar-refractivity contribution in [1.29, 1.82) is 0 Å². The Hall–Kier alpha value is -0.0800. The molecule has 0 aromatic rings. The summed E-state index contributed by atoms with van der Waals surface area (Å²) < 4.78 is 0. The molecular formula is C11H22N2. The van der Waals surface area contributed by atoms with Crippen molar-refractivity contribution in [3.63, 3.8) is 0 Å². The van der Waals surface area contributed by atoms with Crippen LogP contribution >= 0.6 is 0 Å². The van der Waals surface area contributed by atoms with Crippen molar-refractivity contribution in [1.82, 2.24) is 9.80 Å². The number of hydrogen-bond donors (Lipinski definition) is 0. The zero-order valence-electron chi connectivity index (χ0n) is 9.00. The average molecular weight is 182 g/mol. The van der Waals surface area contributed by atoms with Gasteiger partial charge in [0, 0.05) is 19.1 Å². The molecule has 13 heavy (non-hydrogen) atoms. The van der Waals surface area contributed by atoms with Crippen molar-refractivity contribution in [3.05, 3.63) is 0 Å². The Balaban J connectivity index is 1.79. The van der Waals surface area contributed by atoms with E-state index in [9.17, 15) is 0 Å². The van der Waals surface area contributed by atoms with Crippen molar-refractivity contribution in [2.75, 3.05) is 33.2 Å². The zero-order valence-corrected chi connectivity index (χ0v) is 9.00. The van der Waals surface area contributed by atoms with Gasteiger partial charge in [-0.25, -0.2) is 0 Å². The molecule has 0 amide bonds. The largest absolute Gasteiger partial charge is 0.305 e. The average Bonchev–Trinajstić information content (AvgIpc) is 2.25. The topological polar surface area (TPSA) is 6.48 Å². The molecule has 2 heteroatoms. The van der Waals surface area contributed by atoms with E-state index in [1.807, 2.05) is 0 Å². The fourth-order valence-corrected chi connectivity index (χ4v) is 2.59. The molecule has 1 aliphatic carbocycles. The lowest BCUT2D eigenvalue weighted by Gasteiger charge is -2.41. The lowest BCUT2D eigenvalue weighted by atomic mass is 9.81. The molecular weight excluding hydrogens is 160 g/mol. The quantitative estimate of drug-likeness (QED) is 0.605. The molecule has 0 spiro atoms. The van der Waals surface area contributed by atoms with Gasteiger partial charge in [0.05, 0.1) is 0 Å². The van der Waals surface area contributed by atoms with E-state index < -0.39 is 0 Å². The van der Waals surface area contributed by atoms with Crippen LogP contribution < -0.4 is 0 Å². The second kappa shape index (κ2) is 3.97. The third kappa shape index (κ3) is 2.23. The van der Waals surface area contributed by atoms with Gasteiger partial charge in [-0.2, -0.15) is 0 Å². The minimum absolute atomic E-state index is 0.932. The van der Waals surface area contributed by atoms with E-state index in [4.69, 9.17) is 0 Å². The third-order valence-corrected chi connectivity index (χ3v) is 3.62. The predicted molar refractivity (Wildman–Crippen MR) is 55.9 cm³/mol. The van der Waals surface area contributed by atoms with Gasteiger partial charge in [0.25, 0.3) is 0 Å². The lowest BCUT2D eigenvalue weighted by Crippen LogP contribution is -2.45. The standard InChI is InChI=1S/C11H22N2/c1-10-8-11(9-10)13-5-3-4-12(2)6-7-13/h10-11H,3-9H2,1-2H3/t10-,11-. The highest BCUT2D eigenvalue weighted by molar-refractivity contribution is 4.86. The van der Waals surface area contributed by atoms with E-state index in [2.05, 4.69) is 23.8 Å². The van der Waals surface area contributed by atoms with E-state index in [1.54, 1.807) is 0 Å². The molecule has 2 nitrogen and oxygen atoms in total. The molecule has 1 saturated carbocycles. The molecule has 0 atom stereocenters. The highest BCUT2D eigenvalue weighted by Crippen LogP contribution is 2.31. The van der Waals surface area contributed by atoms with Crippen LogP contribution in [0, 0.1) is 5.92 Å². The molecule has 2 rings (SSSR count). The maximum absolute atomic E-state index is 2.71. The van der Waals surface area contributed by atoms with Crippen LogP contribution in [0.4, 0.5) is 0 Å². The van der Waals surface area contributed by atoms with Crippen LogP contribution in [-0.4, -0.2) is 49.1 Å². The van der Waals surface area contributed by atoms with Gasteiger partial charge in [-0.3, -0.25) is 4.90 Å². The Kier molecular flexibility index (Phi) is 2.89. The van der Waals surface area contributed by atoms with Gasteiger partial charge in [-0.05, 0) is 45.3 Å².